The molecule has 1 aromatic carbocycles. The van der Waals surface area contributed by atoms with Crippen molar-refractivity contribution in [2.75, 3.05) is 25.0 Å². The molecule has 3 aromatic rings. The first-order valence-electron chi connectivity index (χ1n) is 9.90. The lowest BCUT2D eigenvalue weighted by atomic mass is 9.95. The number of aliphatic hydroxyl groups is 1. The highest BCUT2D eigenvalue weighted by Crippen LogP contribution is 2.25. The first-order valence-corrected chi connectivity index (χ1v) is 11.7. The summed E-state index contributed by atoms with van der Waals surface area (Å²) < 4.78 is 0. The zero-order chi connectivity index (χ0) is 20.8. The van der Waals surface area contributed by atoms with Crippen LogP contribution in [0.15, 0.2) is 46.6 Å². The van der Waals surface area contributed by atoms with Crippen LogP contribution in [0.1, 0.15) is 23.3 Å². The number of carbonyl (C=O) groups is 1. The van der Waals surface area contributed by atoms with Crippen molar-refractivity contribution in [3.63, 3.8) is 0 Å². The number of amides is 1. The molecule has 1 aliphatic rings. The fourth-order valence-electron chi connectivity index (χ4n) is 3.60. The summed E-state index contributed by atoms with van der Waals surface area (Å²) in [7, 11) is 0. The van der Waals surface area contributed by atoms with Gasteiger partial charge >= 0.3 is 0 Å². The van der Waals surface area contributed by atoms with E-state index in [0.29, 0.717) is 0 Å². The van der Waals surface area contributed by atoms with Crippen molar-refractivity contribution in [2.24, 2.45) is 5.92 Å². The van der Waals surface area contributed by atoms with Gasteiger partial charge in [-0.15, -0.1) is 22.7 Å². The first kappa shape index (κ1) is 20.8. The highest BCUT2D eigenvalue weighted by atomic mass is 32.1. The van der Waals surface area contributed by atoms with Gasteiger partial charge in [-0.2, -0.15) is 0 Å². The van der Waals surface area contributed by atoms with Crippen LogP contribution < -0.4 is 5.32 Å². The summed E-state index contributed by atoms with van der Waals surface area (Å²) in [6.07, 6.45) is 1.72. The predicted molar refractivity (Wildman–Crippen MR) is 122 cm³/mol. The van der Waals surface area contributed by atoms with Crippen LogP contribution >= 0.6 is 22.7 Å². The molecule has 4 rings (SSSR count). The molecule has 0 atom stereocenters. The van der Waals surface area contributed by atoms with E-state index in [2.05, 4.69) is 33.1 Å². The monoisotopic (exact) mass is 437 g/mol. The summed E-state index contributed by atoms with van der Waals surface area (Å²) in [5.74, 6) is 5.77. The highest BCUT2D eigenvalue weighted by molar-refractivity contribution is 7.10. The van der Waals surface area contributed by atoms with E-state index in [1.54, 1.807) is 22.7 Å². The van der Waals surface area contributed by atoms with Crippen LogP contribution in [-0.2, 0) is 11.3 Å². The lowest BCUT2D eigenvalue weighted by Crippen LogP contribution is -2.37. The van der Waals surface area contributed by atoms with Gasteiger partial charge in [0.1, 0.15) is 6.61 Å². The zero-order valence-electron chi connectivity index (χ0n) is 16.5. The molecule has 5 nitrogen and oxygen atoms in total. The Labute approximate surface area is 184 Å². The number of aliphatic hydroxyl groups excluding tert-OH is 1. The number of benzene rings is 1. The number of thiophene rings is 1. The third kappa shape index (κ3) is 5.35. The molecule has 154 valence electrons. The third-order valence-corrected chi connectivity index (χ3v) is 6.67. The minimum absolute atomic E-state index is 0.0403. The Balaban J connectivity index is 1.28. The second-order valence-corrected chi connectivity index (χ2v) is 8.97. The van der Waals surface area contributed by atoms with Crippen LogP contribution in [0.5, 0.6) is 0 Å². The molecule has 0 spiro atoms. The molecule has 0 unspecified atom stereocenters. The number of likely N-dealkylation sites (tertiary alicyclic amines) is 1. The van der Waals surface area contributed by atoms with E-state index in [0.717, 1.165) is 55.0 Å². The van der Waals surface area contributed by atoms with Crippen molar-refractivity contribution in [3.05, 3.63) is 57.0 Å². The lowest BCUT2D eigenvalue weighted by Gasteiger charge is -2.30. The van der Waals surface area contributed by atoms with Crippen molar-refractivity contribution in [1.82, 2.24) is 9.88 Å². The van der Waals surface area contributed by atoms with Crippen molar-refractivity contribution in [1.29, 1.82) is 0 Å². The van der Waals surface area contributed by atoms with Gasteiger partial charge in [-0.05, 0) is 44.1 Å². The molecule has 1 fully saturated rings. The molecule has 0 saturated carbocycles. The van der Waals surface area contributed by atoms with Gasteiger partial charge in [-0.3, -0.25) is 9.69 Å². The molecule has 30 heavy (non-hydrogen) atoms. The van der Waals surface area contributed by atoms with Gasteiger partial charge in [0.2, 0.25) is 5.91 Å². The number of nitrogens with zero attached hydrogens (tertiary/aromatic N) is 2. The van der Waals surface area contributed by atoms with Crippen molar-refractivity contribution in [3.8, 4) is 23.1 Å². The summed E-state index contributed by atoms with van der Waals surface area (Å²) >= 11 is 3.26. The van der Waals surface area contributed by atoms with Gasteiger partial charge in [0, 0.05) is 44.9 Å². The molecule has 2 aromatic heterocycles. The van der Waals surface area contributed by atoms with Gasteiger partial charge in [-0.25, -0.2) is 4.98 Å². The van der Waals surface area contributed by atoms with Crippen LogP contribution in [0.25, 0.3) is 11.3 Å². The predicted octanol–water partition coefficient (Wildman–Crippen LogP) is 4.07. The number of piperidine rings is 1. The van der Waals surface area contributed by atoms with Crippen LogP contribution in [0.3, 0.4) is 0 Å². The van der Waals surface area contributed by atoms with Crippen LogP contribution in [-0.4, -0.2) is 40.6 Å². The topological polar surface area (TPSA) is 65.5 Å². The number of carbonyl (C=O) groups excluding carboxylic acids is 1. The van der Waals surface area contributed by atoms with Crippen molar-refractivity contribution < 1.29 is 9.90 Å². The molecule has 1 aliphatic heterocycles. The average Bonchev–Trinajstić information content (AvgIpc) is 3.45. The fourth-order valence-corrected chi connectivity index (χ4v) is 5.02. The van der Waals surface area contributed by atoms with Gasteiger partial charge < -0.3 is 10.4 Å². The van der Waals surface area contributed by atoms with Crippen LogP contribution in [0.2, 0.25) is 0 Å². The summed E-state index contributed by atoms with van der Waals surface area (Å²) in [5, 5.41) is 15.9. The summed E-state index contributed by atoms with van der Waals surface area (Å²) in [6, 6.07) is 9.95. The number of anilines is 1. The molecular formula is C23H23N3O2S2. The normalized spacial score (nSPS) is 14.8. The number of hydrogen-bond acceptors (Lipinski definition) is 6. The van der Waals surface area contributed by atoms with Crippen molar-refractivity contribution in [2.45, 2.75) is 19.4 Å². The van der Waals surface area contributed by atoms with Gasteiger partial charge in [0.15, 0.2) is 0 Å². The van der Waals surface area contributed by atoms with E-state index in [-0.39, 0.29) is 18.4 Å². The largest absolute Gasteiger partial charge is 0.384 e. The Hall–Kier alpha value is -2.50. The quantitative estimate of drug-likeness (QED) is 0.591. The maximum Gasteiger partial charge on any atom is 0.227 e. The lowest BCUT2D eigenvalue weighted by molar-refractivity contribution is -0.121. The second-order valence-electron chi connectivity index (χ2n) is 7.26. The first-order chi connectivity index (χ1) is 14.7. The molecule has 2 N–H and O–H groups in total. The maximum absolute atomic E-state index is 12.8. The van der Waals surface area contributed by atoms with Gasteiger partial charge in [0.05, 0.1) is 11.2 Å². The summed E-state index contributed by atoms with van der Waals surface area (Å²) in [4.78, 5) is 20.7. The summed E-state index contributed by atoms with van der Waals surface area (Å²) in [5.41, 5.74) is 5.54. The SMILES string of the molecule is O=C(Nc1cccc(-c2cscn2)c1)C1CCN(Cc2cc(C#CCO)cs2)CC1. The van der Waals surface area contributed by atoms with Crippen LogP contribution in [0.4, 0.5) is 5.69 Å². The van der Waals surface area contributed by atoms with E-state index in [1.807, 2.05) is 40.5 Å². The average molecular weight is 438 g/mol. The zero-order valence-corrected chi connectivity index (χ0v) is 18.1. The minimum Gasteiger partial charge on any atom is -0.384 e. The van der Waals surface area contributed by atoms with E-state index in [9.17, 15) is 4.79 Å². The van der Waals surface area contributed by atoms with E-state index in [4.69, 9.17) is 5.11 Å². The Bertz CT molecular complexity index is 1040. The highest BCUT2D eigenvalue weighted by Gasteiger charge is 2.25. The van der Waals surface area contributed by atoms with Gasteiger partial charge in [-0.1, -0.05) is 24.0 Å². The number of nitrogens with one attached hydrogen (secondary N) is 1. The minimum atomic E-state index is -0.115. The number of aromatic nitrogens is 1. The number of hydrogen-bond donors (Lipinski definition) is 2. The Kier molecular flexibility index (Phi) is 6.92. The van der Waals surface area contributed by atoms with Crippen molar-refractivity contribution >= 4 is 34.3 Å². The molecular weight excluding hydrogens is 414 g/mol. The molecule has 3 heterocycles. The molecule has 1 amide bonds. The molecule has 0 bridgehead atoms. The Morgan fingerprint density at radius 3 is 2.90 bits per heavy atom. The third-order valence-electron chi connectivity index (χ3n) is 5.16. The molecule has 0 radical (unpaired) electrons. The van der Waals surface area contributed by atoms with E-state index < -0.39 is 0 Å². The molecule has 7 heteroatoms. The maximum atomic E-state index is 12.8. The molecule has 0 aliphatic carbocycles. The number of rotatable bonds is 5. The fraction of sp³-hybridized carbons (Fsp3) is 0.304. The Morgan fingerprint density at radius 2 is 2.13 bits per heavy atom. The Morgan fingerprint density at radius 1 is 1.27 bits per heavy atom. The van der Waals surface area contributed by atoms with E-state index >= 15 is 0 Å². The van der Waals surface area contributed by atoms with Crippen LogP contribution in [0, 0.1) is 17.8 Å². The second kappa shape index (κ2) is 10.0. The number of thiazole rings is 1. The van der Waals surface area contributed by atoms with Gasteiger partial charge in [0.25, 0.3) is 0 Å². The summed E-state index contributed by atoms with van der Waals surface area (Å²) in [6.45, 7) is 2.59. The molecule has 1 saturated heterocycles. The standard InChI is InChI=1S/C23H23N3O2S2/c27-10-2-3-17-11-21(30-14-17)13-26-8-6-18(7-9-26)23(28)25-20-5-1-4-19(12-20)22-15-29-16-24-22/h1,4-5,11-12,14-16,18,27H,6-10,13H2,(H,25,28). The van der Waals surface area contributed by atoms with E-state index in [1.165, 1.54) is 4.88 Å². The smallest absolute Gasteiger partial charge is 0.227 e.